The van der Waals surface area contributed by atoms with Crippen LogP contribution in [0.5, 0.6) is 23.0 Å². The van der Waals surface area contributed by atoms with Gasteiger partial charge in [-0.25, -0.2) is 0 Å². The second-order valence-electron chi connectivity index (χ2n) is 10.3. The highest BCUT2D eigenvalue weighted by Crippen LogP contribution is 2.52. The van der Waals surface area contributed by atoms with E-state index in [1.807, 2.05) is 13.8 Å². The first-order chi connectivity index (χ1) is 18.6. The molecular formula is C27H40N2O10. The van der Waals surface area contributed by atoms with Crippen LogP contribution >= 0.6 is 0 Å². The molecule has 39 heavy (non-hydrogen) atoms. The average molecular weight is 553 g/mol. The van der Waals surface area contributed by atoms with Gasteiger partial charge >= 0.3 is 0 Å². The number of hydrogen-bond donors (Lipinski definition) is 4. The molecule has 12 nitrogen and oxygen atoms in total. The lowest BCUT2D eigenvalue weighted by Gasteiger charge is -2.30. The van der Waals surface area contributed by atoms with Gasteiger partial charge in [0.1, 0.15) is 6.04 Å². The summed E-state index contributed by atoms with van der Waals surface area (Å²) >= 11 is 0. The van der Waals surface area contributed by atoms with Gasteiger partial charge in [0.25, 0.3) is 0 Å². The van der Waals surface area contributed by atoms with Crippen LogP contribution in [-0.4, -0.2) is 93.8 Å². The largest absolute Gasteiger partial charge is 0.492 e. The van der Waals surface area contributed by atoms with Gasteiger partial charge in [-0.2, -0.15) is 0 Å². The molecule has 4 N–H and O–H groups in total. The molecule has 1 unspecified atom stereocenters. The number of ether oxygens (including phenoxy) is 5. The van der Waals surface area contributed by atoms with Gasteiger partial charge in [-0.1, -0.05) is 13.8 Å². The number of aliphatic hydroxyl groups is 2. The molecule has 1 aliphatic heterocycles. The Hall–Kier alpha value is -3.09. The van der Waals surface area contributed by atoms with Gasteiger partial charge < -0.3 is 44.5 Å². The number of aliphatic hydroxyl groups excluding tert-OH is 2. The number of fused-ring (bicyclic) bond motifs is 1. The zero-order valence-electron chi connectivity index (χ0n) is 23.4. The summed E-state index contributed by atoms with van der Waals surface area (Å²) in [6.45, 7) is 2.73. The number of ketones is 1. The molecule has 4 atom stereocenters. The summed E-state index contributed by atoms with van der Waals surface area (Å²) in [6, 6.07) is -2.20. The van der Waals surface area contributed by atoms with E-state index in [1.165, 1.54) is 28.4 Å². The van der Waals surface area contributed by atoms with Crippen molar-refractivity contribution in [3.05, 3.63) is 11.1 Å². The van der Waals surface area contributed by atoms with Crippen molar-refractivity contribution < 1.29 is 48.3 Å². The Bertz CT molecular complexity index is 1040. The predicted octanol–water partition coefficient (Wildman–Crippen LogP) is 0.164. The van der Waals surface area contributed by atoms with E-state index >= 15 is 0 Å². The van der Waals surface area contributed by atoms with Gasteiger partial charge in [-0.15, -0.1) is 0 Å². The SMILES string of the molecule is COc1c2c(c(OC)c(OC)c1OC)C[C@@H](C(=O)N[C@@H](CO)C(=O)NC(CC(C)C)C(=O)[C@@]1(CO)CO1)CC2. The fraction of sp³-hybridized carbons (Fsp3) is 0.667. The van der Waals surface area contributed by atoms with Crippen LogP contribution in [0.15, 0.2) is 0 Å². The van der Waals surface area contributed by atoms with Crippen LogP contribution in [0.25, 0.3) is 0 Å². The lowest BCUT2D eigenvalue weighted by Crippen LogP contribution is -2.56. The third kappa shape index (κ3) is 6.23. The third-order valence-corrected chi connectivity index (χ3v) is 7.26. The number of nitrogens with one attached hydrogen (secondary N) is 2. The number of benzene rings is 1. The minimum Gasteiger partial charge on any atom is -0.492 e. The van der Waals surface area contributed by atoms with Crippen LogP contribution in [0.3, 0.4) is 0 Å². The van der Waals surface area contributed by atoms with Crippen molar-refractivity contribution in [3.8, 4) is 23.0 Å². The van der Waals surface area contributed by atoms with Crippen molar-refractivity contribution in [3.63, 3.8) is 0 Å². The molecule has 1 aliphatic carbocycles. The molecule has 3 rings (SSSR count). The normalized spacial score (nSPS) is 21.3. The standard InChI is InChI=1S/C27H40N2O10/c1-14(2)9-18(24(32)27(12-31)13-39-27)28-26(34)19(11-30)29-25(33)15-7-8-16-17(10-15)21(36-4)23(38-6)22(37-5)20(16)35-3/h14-15,18-19,30-31H,7-13H2,1-6H3,(H,28,34)(H,29,33)/t15-,18?,19-,27+/m0/s1. The Labute approximate surface area is 228 Å². The number of amides is 2. The highest BCUT2D eigenvalue weighted by molar-refractivity contribution is 5.98. The highest BCUT2D eigenvalue weighted by atomic mass is 16.6. The zero-order chi connectivity index (χ0) is 28.9. The van der Waals surface area contributed by atoms with E-state index in [0.29, 0.717) is 42.3 Å². The zero-order valence-corrected chi connectivity index (χ0v) is 23.4. The molecule has 0 bridgehead atoms. The Kier molecular flexibility index (Phi) is 10.0. The molecule has 1 aromatic carbocycles. The summed E-state index contributed by atoms with van der Waals surface area (Å²) in [5.41, 5.74) is 0.289. The Morgan fingerprint density at radius 2 is 1.49 bits per heavy atom. The number of Topliss-reactive ketones (excluding diaryl/α,β-unsaturated/α-hetero) is 1. The smallest absolute Gasteiger partial charge is 0.245 e. The van der Waals surface area contributed by atoms with Crippen molar-refractivity contribution in [1.29, 1.82) is 0 Å². The molecule has 1 aromatic rings. The Morgan fingerprint density at radius 3 is 1.95 bits per heavy atom. The lowest BCUT2D eigenvalue weighted by molar-refractivity contribution is -0.135. The third-order valence-electron chi connectivity index (χ3n) is 7.26. The maximum absolute atomic E-state index is 13.3. The summed E-state index contributed by atoms with van der Waals surface area (Å²) in [4.78, 5) is 39.3. The molecular weight excluding hydrogens is 512 g/mol. The molecule has 2 aliphatic rings. The summed E-state index contributed by atoms with van der Waals surface area (Å²) in [6.07, 6.45) is 1.54. The fourth-order valence-corrected chi connectivity index (χ4v) is 5.10. The molecule has 0 saturated carbocycles. The van der Waals surface area contributed by atoms with Gasteiger partial charge in [0.15, 0.2) is 22.9 Å². The first-order valence-corrected chi connectivity index (χ1v) is 13.0. The van der Waals surface area contributed by atoms with Gasteiger partial charge in [0, 0.05) is 17.0 Å². The van der Waals surface area contributed by atoms with Crippen molar-refractivity contribution >= 4 is 17.6 Å². The van der Waals surface area contributed by atoms with Crippen molar-refractivity contribution in [1.82, 2.24) is 10.6 Å². The molecule has 0 aromatic heterocycles. The molecule has 218 valence electrons. The second kappa shape index (κ2) is 12.8. The quantitative estimate of drug-likeness (QED) is 0.234. The van der Waals surface area contributed by atoms with Crippen LogP contribution in [0.4, 0.5) is 0 Å². The molecule has 1 heterocycles. The van der Waals surface area contributed by atoms with Crippen LogP contribution < -0.4 is 29.6 Å². The average Bonchev–Trinajstić information content (AvgIpc) is 3.74. The molecule has 1 saturated heterocycles. The number of epoxide rings is 1. The summed E-state index contributed by atoms with van der Waals surface area (Å²) in [5.74, 6) is -0.305. The van der Waals surface area contributed by atoms with Crippen LogP contribution in [-0.2, 0) is 32.0 Å². The van der Waals surface area contributed by atoms with E-state index in [1.54, 1.807) is 0 Å². The Balaban J connectivity index is 1.77. The van der Waals surface area contributed by atoms with Crippen molar-refractivity contribution in [2.24, 2.45) is 11.8 Å². The maximum Gasteiger partial charge on any atom is 0.245 e. The lowest BCUT2D eigenvalue weighted by atomic mass is 9.81. The maximum atomic E-state index is 13.3. The molecule has 1 fully saturated rings. The number of carbonyl (C=O) groups is 3. The van der Waals surface area contributed by atoms with Crippen molar-refractivity contribution in [2.45, 2.75) is 57.2 Å². The second-order valence-corrected chi connectivity index (χ2v) is 10.3. The minimum atomic E-state index is -1.30. The van der Waals surface area contributed by atoms with E-state index in [4.69, 9.17) is 23.7 Å². The molecule has 2 amide bonds. The predicted molar refractivity (Wildman–Crippen MR) is 139 cm³/mol. The number of carbonyl (C=O) groups excluding carboxylic acids is 3. The number of methoxy groups -OCH3 is 4. The summed E-state index contributed by atoms with van der Waals surface area (Å²) < 4.78 is 27.4. The van der Waals surface area contributed by atoms with E-state index < -0.39 is 54.4 Å². The van der Waals surface area contributed by atoms with E-state index in [9.17, 15) is 24.6 Å². The van der Waals surface area contributed by atoms with Crippen LogP contribution in [0.1, 0.15) is 37.8 Å². The molecule has 0 radical (unpaired) electrons. The fourth-order valence-electron chi connectivity index (χ4n) is 5.10. The summed E-state index contributed by atoms with van der Waals surface area (Å²) in [7, 11) is 6.02. The van der Waals surface area contributed by atoms with E-state index in [2.05, 4.69) is 10.6 Å². The van der Waals surface area contributed by atoms with Gasteiger partial charge in [-0.3, -0.25) is 14.4 Å². The number of rotatable bonds is 14. The first-order valence-electron chi connectivity index (χ1n) is 13.0. The number of hydrogen-bond acceptors (Lipinski definition) is 10. The monoisotopic (exact) mass is 552 g/mol. The topological polar surface area (TPSA) is 165 Å². The highest BCUT2D eigenvalue weighted by Gasteiger charge is 2.54. The van der Waals surface area contributed by atoms with Gasteiger partial charge in [0.05, 0.1) is 54.3 Å². The molecule has 0 spiro atoms. The van der Waals surface area contributed by atoms with E-state index in [0.717, 1.165) is 11.1 Å². The van der Waals surface area contributed by atoms with Gasteiger partial charge in [-0.05, 0) is 31.6 Å². The van der Waals surface area contributed by atoms with Crippen LogP contribution in [0.2, 0.25) is 0 Å². The first kappa shape index (κ1) is 30.5. The minimum absolute atomic E-state index is 0.0563. The van der Waals surface area contributed by atoms with Crippen LogP contribution in [0, 0.1) is 11.8 Å². The van der Waals surface area contributed by atoms with E-state index in [-0.39, 0.29) is 18.9 Å². The van der Waals surface area contributed by atoms with Crippen molar-refractivity contribution in [2.75, 3.05) is 48.3 Å². The molecule has 12 heteroatoms. The Morgan fingerprint density at radius 1 is 0.923 bits per heavy atom. The van der Waals surface area contributed by atoms with Gasteiger partial charge in [0.2, 0.25) is 23.3 Å². The summed E-state index contributed by atoms with van der Waals surface area (Å²) in [5, 5.41) is 24.8.